The van der Waals surface area contributed by atoms with Crippen LogP contribution in [0.1, 0.15) is 29.5 Å². The molecule has 0 aliphatic rings. The van der Waals surface area contributed by atoms with Gasteiger partial charge in [0.05, 0.1) is 12.9 Å². The molecule has 2 aromatic carbocycles. The minimum absolute atomic E-state index is 0.000908. The molecule has 2 atom stereocenters. The fourth-order valence-corrected chi connectivity index (χ4v) is 3.56. The number of nitrogens with zero attached hydrogens (tertiary/aromatic N) is 5. The van der Waals surface area contributed by atoms with Gasteiger partial charge in [0.2, 0.25) is 0 Å². The first kappa shape index (κ1) is 20.6. The van der Waals surface area contributed by atoms with Crippen molar-refractivity contribution < 1.29 is 13.9 Å². The quantitative estimate of drug-likeness (QED) is 0.488. The average molecular weight is 421 g/mol. The molecule has 158 valence electrons. The highest BCUT2D eigenvalue weighted by molar-refractivity contribution is 5.60. The van der Waals surface area contributed by atoms with Crippen LogP contribution in [0.3, 0.4) is 0 Å². The number of aliphatic hydroxyl groups is 1. The molecule has 6 nitrogen and oxygen atoms in total. The molecule has 8 heteroatoms. The molecule has 0 saturated heterocycles. The largest absolute Gasteiger partial charge is 0.382 e. The van der Waals surface area contributed by atoms with E-state index in [9.17, 15) is 13.9 Å². The number of aromatic nitrogens is 5. The van der Waals surface area contributed by atoms with E-state index in [1.807, 2.05) is 47.3 Å². The van der Waals surface area contributed by atoms with Crippen LogP contribution in [0.15, 0.2) is 73.8 Å². The van der Waals surface area contributed by atoms with Crippen molar-refractivity contribution in [1.29, 1.82) is 0 Å². The lowest BCUT2D eigenvalue weighted by Crippen LogP contribution is -2.38. The Balaban J connectivity index is 1.66. The molecule has 0 radical (unpaired) electrons. The van der Waals surface area contributed by atoms with E-state index in [1.165, 1.54) is 23.4 Å². The minimum Gasteiger partial charge on any atom is -0.382 e. The number of hydrogen-bond donors (Lipinski definition) is 1. The van der Waals surface area contributed by atoms with Crippen molar-refractivity contribution in [3.63, 3.8) is 0 Å². The maximum absolute atomic E-state index is 14.7. The molecule has 4 rings (SSSR count). The summed E-state index contributed by atoms with van der Waals surface area (Å²) in [4.78, 5) is 7.88. The molecule has 0 bridgehead atoms. The standard InChI is InChI=1S/C23H21F2N5O/c1-17(19-4-2-18(3-5-19)8-10-29-11-9-26-15-29)23(31,13-30-16-27-14-28-30)21-7-6-20(24)12-22(21)25/h2-12,14-17,31H,13H2,1H3/b10-8+. The van der Waals surface area contributed by atoms with Crippen molar-refractivity contribution in [1.82, 2.24) is 24.3 Å². The van der Waals surface area contributed by atoms with E-state index < -0.39 is 23.2 Å². The Bertz CT molecular complexity index is 1160. The van der Waals surface area contributed by atoms with Gasteiger partial charge in [-0.05, 0) is 23.3 Å². The molecule has 2 heterocycles. The molecule has 2 unspecified atom stereocenters. The van der Waals surface area contributed by atoms with E-state index in [0.29, 0.717) is 0 Å². The van der Waals surface area contributed by atoms with Gasteiger partial charge in [-0.15, -0.1) is 0 Å². The van der Waals surface area contributed by atoms with Gasteiger partial charge in [-0.25, -0.2) is 23.4 Å². The third-order valence-electron chi connectivity index (χ3n) is 5.38. The maximum Gasteiger partial charge on any atom is 0.137 e. The first-order valence-electron chi connectivity index (χ1n) is 9.71. The second kappa shape index (κ2) is 8.61. The van der Waals surface area contributed by atoms with Crippen molar-refractivity contribution >= 4 is 12.3 Å². The summed E-state index contributed by atoms with van der Waals surface area (Å²) in [5, 5.41) is 15.7. The summed E-state index contributed by atoms with van der Waals surface area (Å²) in [5.74, 6) is -2.04. The minimum atomic E-state index is -1.68. The summed E-state index contributed by atoms with van der Waals surface area (Å²) in [6, 6.07) is 10.8. The molecule has 0 amide bonds. The van der Waals surface area contributed by atoms with Crippen LogP contribution in [0.2, 0.25) is 0 Å². The summed E-state index contributed by atoms with van der Waals surface area (Å²) >= 11 is 0. The molecular formula is C23H21F2N5O. The summed E-state index contributed by atoms with van der Waals surface area (Å²) in [6.45, 7) is 1.76. The fraction of sp³-hybridized carbons (Fsp3) is 0.174. The lowest BCUT2D eigenvalue weighted by Gasteiger charge is -2.35. The Labute approximate surface area is 178 Å². The Hall–Kier alpha value is -3.65. The van der Waals surface area contributed by atoms with Crippen molar-refractivity contribution in [2.75, 3.05) is 0 Å². The van der Waals surface area contributed by atoms with Gasteiger partial charge in [0.15, 0.2) is 0 Å². The summed E-state index contributed by atoms with van der Waals surface area (Å²) in [6.07, 6.45) is 11.8. The number of hydrogen-bond acceptors (Lipinski definition) is 4. The fourth-order valence-electron chi connectivity index (χ4n) is 3.56. The Morgan fingerprint density at radius 3 is 2.55 bits per heavy atom. The molecule has 31 heavy (non-hydrogen) atoms. The maximum atomic E-state index is 14.7. The van der Waals surface area contributed by atoms with Gasteiger partial charge in [0.25, 0.3) is 0 Å². The van der Waals surface area contributed by atoms with Crippen molar-refractivity contribution in [2.24, 2.45) is 0 Å². The molecule has 0 fully saturated rings. The number of rotatable bonds is 7. The van der Waals surface area contributed by atoms with Crippen molar-refractivity contribution in [3.05, 3.63) is 102 Å². The predicted molar refractivity (Wildman–Crippen MR) is 113 cm³/mol. The van der Waals surface area contributed by atoms with E-state index in [0.717, 1.165) is 23.3 Å². The first-order valence-corrected chi connectivity index (χ1v) is 9.71. The Morgan fingerprint density at radius 1 is 1.10 bits per heavy atom. The van der Waals surface area contributed by atoms with Crippen LogP contribution in [0.5, 0.6) is 0 Å². The molecule has 0 saturated carbocycles. The van der Waals surface area contributed by atoms with Crippen LogP contribution in [-0.4, -0.2) is 29.4 Å². The Morgan fingerprint density at radius 2 is 1.90 bits per heavy atom. The second-order valence-corrected chi connectivity index (χ2v) is 7.36. The number of benzene rings is 2. The van der Waals surface area contributed by atoms with Gasteiger partial charge in [-0.2, -0.15) is 5.10 Å². The van der Waals surface area contributed by atoms with Gasteiger partial charge >= 0.3 is 0 Å². The summed E-state index contributed by atoms with van der Waals surface area (Å²) < 4.78 is 31.4. The van der Waals surface area contributed by atoms with Crippen LogP contribution in [0.4, 0.5) is 8.78 Å². The van der Waals surface area contributed by atoms with Crippen LogP contribution < -0.4 is 0 Å². The summed E-state index contributed by atoms with van der Waals surface area (Å²) in [7, 11) is 0. The molecule has 0 aliphatic carbocycles. The van der Waals surface area contributed by atoms with E-state index >= 15 is 0 Å². The normalized spacial score (nSPS) is 14.6. The molecule has 0 aliphatic heterocycles. The van der Waals surface area contributed by atoms with Gasteiger partial charge < -0.3 is 9.67 Å². The molecule has 4 aromatic rings. The zero-order valence-electron chi connectivity index (χ0n) is 16.8. The number of imidazole rings is 1. The molecule has 1 N–H and O–H groups in total. The molecule has 0 spiro atoms. The van der Waals surface area contributed by atoms with Crippen molar-refractivity contribution in [2.45, 2.75) is 25.0 Å². The van der Waals surface area contributed by atoms with E-state index in [4.69, 9.17) is 0 Å². The first-order chi connectivity index (χ1) is 15.0. The van der Waals surface area contributed by atoms with Crippen LogP contribution in [0.25, 0.3) is 12.3 Å². The molecule has 2 aromatic heterocycles. The second-order valence-electron chi connectivity index (χ2n) is 7.36. The van der Waals surface area contributed by atoms with Gasteiger partial charge in [0, 0.05) is 36.1 Å². The van der Waals surface area contributed by atoms with Crippen LogP contribution in [-0.2, 0) is 12.1 Å². The van der Waals surface area contributed by atoms with Crippen molar-refractivity contribution in [3.8, 4) is 0 Å². The van der Waals surface area contributed by atoms with Crippen LogP contribution >= 0.6 is 0 Å². The highest BCUT2D eigenvalue weighted by Crippen LogP contribution is 2.39. The monoisotopic (exact) mass is 421 g/mol. The van der Waals surface area contributed by atoms with E-state index in [2.05, 4.69) is 15.1 Å². The van der Waals surface area contributed by atoms with Crippen LogP contribution in [0, 0.1) is 11.6 Å². The third-order valence-corrected chi connectivity index (χ3v) is 5.38. The van der Waals surface area contributed by atoms with E-state index in [1.54, 1.807) is 19.4 Å². The topological polar surface area (TPSA) is 68.8 Å². The van der Waals surface area contributed by atoms with Gasteiger partial charge in [-0.3, -0.25) is 0 Å². The average Bonchev–Trinajstić information content (AvgIpc) is 3.46. The third kappa shape index (κ3) is 4.44. The smallest absolute Gasteiger partial charge is 0.137 e. The van der Waals surface area contributed by atoms with Gasteiger partial charge in [0.1, 0.15) is 29.9 Å². The lowest BCUT2D eigenvalue weighted by molar-refractivity contribution is -0.0112. The summed E-state index contributed by atoms with van der Waals surface area (Å²) in [5.41, 5.74) is 0.0733. The SMILES string of the molecule is CC(c1ccc(/C=C/n2ccnc2)cc1)C(O)(Cn1cncn1)c1ccc(F)cc1F. The zero-order valence-corrected chi connectivity index (χ0v) is 16.8. The van der Waals surface area contributed by atoms with Gasteiger partial charge in [-0.1, -0.05) is 37.3 Å². The highest BCUT2D eigenvalue weighted by Gasteiger charge is 2.39. The van der Waals surface area contributed by atoms with E-state index in [-0.39, 0.29) is 12.1 Å². The highest BCUT2D eigenvalue weighted by atomic mass is 19.1. The zero-order chi connectivity index (χ0) is 21.8. The molecular weight excluding hydrogens is 400 g/mol. The Kier molecular flexibility index (Phi) is 5.73. The number of halogens is 2. The predicted octanol–water partition coefficient (Wildman–Crippen LogP) is 4.07. The lowest BCUT2D eigenvalue weighted by atomic mass is 9.78.